The van der Waals surface area contributed by atoms with Gasteiger partial charge < -0.3 is 29.6 Å². The highest BCUT2D eigenvalue weighted by Crippen LogP contribution is 2.40. The molecular weight excluding hydrogens is 464 g/mol. The van der Waals surface area contributed by atoms with Gasteiger partial charge in [-0.15, -0.1) is 0 Å². The summed E-state index contributed by atoms with van der Waals surface area (Å²) in [7, 11) is 1.31. The Morgan fingerprint density at radius 1 is 1.00 bits per heavy atom. The number of ether oxygens (including phenoxy) is 1. The van der Waals surface area contributed by atoms with Crippen LogP contribution in [0.15, 0.2) is 53.1 Å². The van der Waals surface area contributed by atoms with Gasteiger partial charge in [0.15, 0.2) is 5.76 Å². The normalized spacial score (nSPS) is 17.5. The summed E-state index contributed by atoms with van der Waals surface area (Å²) in [6.07, 6.45) is 4.16. The smallest absolute Gasteiger partial charge is 0.328 e. The molecule has 1 unspecified atom stereocenters. The minimum atomic E-state index is -0.766. The lowest BCUT2D eigenvalue weighted by molar-refractivity contribution is -0.142. The highest BCUT2D eigenvalue weighted by Gasteiger charge is 2.43. The molecule has 2 aliphatic rings. The first kappa shape index (κ1) is 25.3. The van der Waals surface area contributed by atoms with Gasteiger partial charge in [-0.3, -0.25) is 9.59 Å². The summed E-state index contributed by atoms with van der Waals surface area (Å²) in [6, 6.07) is 11.6. The summed E-state index contributed by atoms with van der Waals surface area (Å²) in [5.74, 6) is -0.869. The number of benzene rings is 1. The Labute approximate surface area is 209 Å². The number of hydrogen-bond donors (Lipinski definition) is 2. The lowest BCUT2D eigenvalue weighted by atomic mass is 9.78. The first-order valence-corrected chi connectivity index (χ1v) is 12.2. The number of furan rings is 1. The Hall–Kier alpha value is -3.82. The molecule has 0 saturated carbocycles. The lowest BCUT2D eigenvalue weighted by Gasteiger charge is -2.39. The maximum atomic E-state index is 13.0. The molecule has 4 rings (SSSR count). The number of methoxy groups -OCH3 is 1. The summed E-state index contributed by atoms with van der Waals surface area (Å²) < 4.78 is 9.95. The van der Waals surface area contributed by atoms with E-state index in [4.69, 9.17) is 9.15 Å². The molecule has 1 atom stereocenters. The zero-order valence-corrected chi connectivity index (χ0v) is 20.4. The summed E-state index contributed by atoms with van der Waals surface area (Å²) >= 11 is 0. The number of carbonyl (C=O) groups excluding carboxylic acids is 4. The van der Waals surface area contributed by atoms with Gasteiger partial charge in [0.05, 0.1) is 19.9 Å². The van der Waals surface area contributed by atoms with E-state index >= 15 is 0 Å². The highest BCUT2D eigenvalue weighted by atomic mass is 16.5. The molecule has 1 spiro atoms. The molecule has 2 aliphatic heterocycles. The van der Waals surface area contributed by atoms with Crippen LogP contribution in [0.1, 0.15) is 35.4 Å². The molecule has 0 radical (unpaired) electrons. The van der Waals surface area contributed by atoms with Gasteiger partial charge in [-0.1, -0.05) is 30.3 Å². The third-order valence-electron chi connectivity index (χ3n) is 7.11. The molecular formula is C26H32N4O6. The van der Waals surface area contributed by atoms with Crippen molar-refractivity contribution in [3.05, 3.63) is 60.1 Å². The Morgan fingerprint density at radius 3 is 2.33 bits per heavy atom. The first-order valence-electron chi connectivity index (χ1n) is 12.2. The number of amides is 4. The SMILES string of the molecule is COC(=O)C(Cc1ccccc1)NC(=O)N1CCC2(CCN(C(=O)CNC(=O)c3ccco3)CC2)C1. The standard InChI is InChI=1S/C26H32N4O6/c1-35-24(33)20(16-19-6-3-2-4-7-19)28-25(34)30-14-11-26(18-30)9-12-29(13-10-26)22(31)17-27-23(32)21-8-5-15-36-21/h2-8,15,20H,9-14,16-18H2,1H3,(H,27,32)(H,28,34). The van der Waals surface area contributed by atoms with Gasteiger partial charge in [0.25, 0.3) is 5.91 Å². The average Bonchev–Trinajstić information content (AvgIpc) is 3.58. The zero-order chi connectivity index (χ0) is 25.5. The van der Waals surface area contributed by atoms with Crippen LogP contribution in [-0.4, -0.2) is 79.5 Å². The van der Waals surface area contributed by atoms with Crippen molar-refractivity contribution in [2.75, 3.05) is 39.8 Å². The summed E-state index contributed by atoms with van der Waals surface area (Å²) in [4.78, 5) is 53.4. The zero-order valence-electron chi connectivity index (χ0n) is 20.4. The number of hydrogen-bond acceptors (Lipinski definition) is 6. The number of piperidine rings is 1. The van der Waals surface area contributed by atoms with Crippen molar-refractivity contribution in [3.63, 3.8) is 0 Å². The van der Waals surface area contributed by atoms with Gasteiger partial charge in [0, 0.05) is 32.6 Å². The minimum absolute atomic E-state index is 0.0499. The van der Waals surface area contributed by atoms with Crippen LogP contribution in [0.25, 0.3) is 0 Å². The van der Waals surface area contributed by atoms with Crippen molar-refractivity contribution in [2.45, 2.75) is 31.7 Å². The van der Waals surface area contributed by atoms with E-state index in [1.165, 1.54) is 13.4 Å². The number of carbonyl (C=O) groups is 4. The molecule has 0 bridgehead atoms. The number of nitrogens with zero attached hydrogens (tertiary/aromatic N) is 2. The largest absolute Gasteiger partial charge is 0.467 e. The molecule has 10 nitrogen and oxygen atoms in total. The fraction of sp³-hybridized carbons (Fsp3) is 0.462. The van der Waals surface area contributed by atoms with Crippen LogP contribution < -0.4 is 10.6 Å². The van der Waals surface area contributed by atoms with E-state index in [-0.39, 0.29) is 29.7 Å². The molecule has 0 aliphatic carbocycles. The molecule has 2 saturated heterocycles. The maximum absolute atomic E-state index is 13.0. The monoisotopic (exact) mass is 496 g/mol. The first-order chi connectivity index (χ1) is 17.4. The van der Waals surface area contributed by atoms with E-state index in [9.17, 15) is 19.2 Å². The number of esters is 1. The van der Waals surface area contributed by atoms with Crippen LogP contribution in [0, 0.1) is 5.41 Å². The molecule has 36 heavy (non-hydrogen) atoms. The average molecular weight is 497 g/mol. The van der Waals surface area contributed by atoms with Crippen LogP contribution in [0.4, 0.5) is 4.79 Å². The fourth-order valence-corrected chi connectivity index (χ4v) is 4.94. The number of likely N-dealkylation sites (tertiary alicyclic amines) is 2. The van der Waals surface area contributed by atoms with E-state index in [1.807, 2.05) is 30.3 Å². The second kappa shape index (κ2) is 11.3. The molecule has 1 aromatic carbocycles. The third-order valence-corrected chi connectivity index (χ3v) is 7.11. The molecule has 10 heteroatoms. The summed E-state index contributed by atoms with van der Waals surface area (Å²) in [6.45, 7) is 2.23. The van der Waals surface area contributed by atoms with Gasteiger partial charge in [-0.25, -0.2) is 9.59 Å². The Balaban J connectivity index is 1.25. The number of urea groups is 1. The Bertz CT molecular complexity index is 1060. The van der Waals surface area contributed by atoms with Crippen LogP contribution >= 0.6 is 0 Å². The van der Waals surface area contributed by atoms with Gasteiger partial charge in [0.2, 0.25) is 5.91 Å². The predicted molar refractivity (Wildman–Crippen MR) is 130 cm³/mol. The van der Waals surface area contributed by atoms with E-state index < -0.39 is 17.9 Å². The van der Waals surface area contributed by atoms with Crippen LogP contribution in [-0.2, 0) is 20.7 Å². The van der Waals surface area contributed by atoms with Crippen LogP contribution in [0.2, 0.25) is 0 Å². The van der Waals surface area contributed by atoms with E-state index in [0.717, 1.165) is 24.8 Å². The molecule has 192 valence electrons. The predicted octanol–water partition coefficient (Wildman–Crippen LogP) is 1.82. The van der Waals surface area contributed by atoms with Crippen molar-refractivity contribution in [3.8, 4) is 0 Å². The second-order valence-corrected chi connectivity index (χ2v) is 9.43. The summed E-state index contributed by atoms with van der Waals surface area (Å²) in [5, 5.41) is 5.44. The number of nitrogens with one attached hydrogen (secondary N) is 2. The van der Waals surface area contributed by atoms with Gasteiger partial charge in [0.1, 0.15) is 6.04 Å². The molecule has 1 aromatic heterocycles. The Kier molecular flexibility index (Phi) is 7.92. The fourth-order valence-electron chi connectivity index (χ4n) is 4.94. The molecule has 4 amide bonds. The third kappa shape index (κ3) is 6.05. The molecule has 3 heterocycles. The van der Waals surface area contributed by atoms with Crippen molar-refractivity contribution < 1.29 is 28.3 Å². The van der Waals surface area contributed by atoms with Crippen LogP contribution in [0.5, 0.6) is 0 Å². The van der Waals surface area contributed by atoms with E-state index in [0.29, 0.717) is 32.6 Å². The van der Waals surface area contributed by atoms with Crippen molar-refractivity contribution >= 4 is 23.8 Å². The van der Waals surface area contributed by atoms with Crippen molar-refractivity contribution in [2.24, 2.45) is 5.41 Å². The quantitative estimate of drug-likeness (QED) is 0.564. The van der Waals surface area contributed by atoms with Gasteiger partial charge >= 0.3 is 12.0 Å². The maximum Gasteiger partial charge on any atom is 0.328 e. The van der Waals surface area contributed by atoms with Gasteiger partial charge in [-0.05, 0) is 42.4 Å². The highest BCUT2D eigenvalue weighted by molar-refractivity contribution is 5.94. The molecule has 2 fully saturated rings. The lowest BCUT2D eigenvalue weighted by Crippen LogP contribution is -2.50. The van der Waals surface area contributed by atoms with Gasteiger partial charge in [-0.2, -0.15) is 0 Å². The molecule has 2 aromatic rings. The molecule has 2 N–H and O–H groups in total. The van der Waals surface area contributed by atoms with Crippen molar-refractivity contribution in [1.82, 2.24) is 20.4 Å². The topological polar surface area (TPSA) is 121 Å². The second-order valence-electron chi connectivity index (χ2n) is 9.43. The van der Waals surface area contributed by atoms with Crippen molar-refractivity contribution in [1.29, 1.82) is 0 Å². The Morgan fingerprint density at radius 2 is 1.69 bits per heavy atom. The minimum Gasteiger partial charge on any atom is -0.467 e. The van der Waals surface area contributed by atoms with E-state index in [2.05, 4.69) is 10.6 Å². The number of rotatable bonds is 7. The summed E-state index contributed by atoms with van der Waals surface area (Å²) in [5.41, 5.74) is 0.884. The van der Waals surface area contributed by atoms with Crippen LogP contribution in [0.3, 0.4) is 0 Å². The van der Waals surface area contributed by atoms with E-state index in [1.54, 1.807) is 21.9 Å².